The van der Waals surface area contributed by atoms with E-state index in [0.717, 1.165) is 6.07 Å². The van der Waals surface area contributed by atoms with Gasteiger partial charge in [0.2, 0.25) is 0 Å². The Morgan fingerprint density at radius 1 is 1.03 bits per heavy atom. The molecular formula is C22H15ClFN5O2. The van der Waals surface area contributed by atoms with Gasteiger partial charge >= 0.3 is 0 Å². The lowest BCUT2D eigenvalue weighted by molar-refractivity contribution is 0.0992. The van der Waals surface area contributed by atoms with Crippen LogP contribution in [0.25, 0.3) is 16.9 Å². The standard InChI is InChI=1S/C22H15ClFN5O2/c23-16-11-17(24)15(18-8-4-5-9-26-18)10-14(16)22(31)27-20-12-19(21(25)30)28-29(20)13-6-2-1-3-7-13/h1-12H,(H2,25,30)(H,27,31). The molecule has 3 N–H and O–H groups in total. The van der Waals surface area contributed by atoms with Crippen molar-refractivity contribution in [3.63, 3.8) is 0 Å². The highest BCUT2D eigenvalue weighted by Crippen LogP contribution is 2.28. The van der Waals surface area contributed by atoms with Crippen molar-refractivity contribution < 1.29 is 14.0 Å². The van der Waals surface area contributed by atoms with Gasteiger partial charge in [-0.3, -0.25) is 14.6 Å². The summed E-state index contributed by atoms with van der Waals surface area (Å²) < 4.78 is 15.8. The molecule has 2 aromatic heterocycles. The van der Waals surface area contributed by atoms with E-state index in [0.29, 0.717) is 11.4 Å². The van der Waals surface area contributed by atoms with Crippen molar-refractivity contribution >= 4 is 29.2 Å². The molecule has 2 aromatic carbocycles. The molecule has 0 aliphatic heterocycles. The summed E-state index contributed by atoms with van der Waals surface area (Å²) in [5.74, 6) is -1.77. The average Bonchev–Trinajstić information content (AvgIpc) is 3.19. The zero-order chi connectivity index (χ0) is 22.0. The fourth-order valence-electron chi connectivity index (χ4n) is 2.98. The molecular weight excluding hydrogens is 421 g/mol. The minimum absolute atomic E-state index is 0.0291. The highest BCUT2D eigenvalue weighted by molar-refractivity contribution is 6.34. The van der Waals surface area contributed by atoms with E-state index in [1.807, 2.05) is 6.07 Å². The van der Waals surface area contributed by atoms with E-state index in [9.17, 15) is 14.0 Å². The molecule has 0 aliphatic rings. The van der Waals surface area contributed by atoms with Gasteiger partial charge in [-0.25, -0.2) is 9.07 Å². The topological polar surface area (TPSA) is 103 Å². The van der Waals surface area contributed by atoms with Gasteiger partial charge < -0.3 is 11.1 Å². The van der Waals surface area contributed by atoms with Crippen LogP contribution >= 0.6 is 11.6 Å². The van der Waals surface area contributed by atoms with Crippen molar-refractivity contribution in [2.75, 3.05) is 5.32 Å². The molecule has 2 heterocycles. The normalized spacial score (nSPS) is 10.6. The molecule has 0 unspecified atom stereocenters. The molecule has 4 aromatic rings. The molecule has 0 spiro atoms. The van der Waals surface area contributed by atoms with Crippen LogP contribution in [0.1, 0.15) is 20.8 Å². The van der Waals surface area contributed by atoms with Crippen LogP contribution in [0.2, 0.25) is 5.02 Å². The third kappa shape index (κ3) is 4.15. The molecule has 2 amide bonds. The third-order valence-electron chi connectivity index (χ3n) is 4.45. The number of rotatable bonds is 5. The molecule has 0 saturated carbocycles. The lowest BCUT2D eigenvalue weighted by Crippen LogP contribution is -2.16. The van der Waals surface area contributed by atoms with Crippen LogP contribution in [-0.2, 0) is 0 Å². The average molecular weight is 436 g/mol. The Bertz CT molecular complexity index is 1280. The SMILES string of the molecule is NC(=O)c1cc(NC(=O)c2cc(-c3ccccn3)c(F)cc2Cl)n(-c2ccccc2)n1. The summed E-state index contributed by atoms with van der Waals surface area (Å²) in [6, 6.07) is 17.6. The summed E-state index contributed by atoms with van der Waals surface area (Å²) in [6.07, 6.45) is 1.52. The molecule has 0 atom stereocenters. The van der Waals surface area contributed by atoms with Crippen LogP contribution in [0.5, 0.6) is 0 Å². The van der Waals surface area contributed by atoms with Crippen molar-refractivity contribution in [1.82, 2.24) is 14.8 Å². The van der Waals surface area contributed by atoms with Gasteiger partial charge in [-0.2, -0.15) is 5.10 Å². The first kappa shape index (κ1) is 20.2. The first-order valence-electron chi connectivity index (χ1n) is 9.11. The molecule has 0 fully saturated rings. The minimum atomic E-state index is -0.748. The molecule has 0 bridgehead atoms. The second-order valence-corrected chi connectivity index (χ2v) is 6.91. The number of para-hydroxylation sites is 1. The van der Waals surface area contributed by atoms with Crippen molar-refractivity contribution in [3.8, 4) is 16.9 Å². The quantitative estimate of drug-likeness (QED) is 0.493. The largest absolute Gasteiger partial charge is 0.364 e. The highest BCUT2D eigenvalue weighted by atomic mass is 35.5. The summed E-state index contributed by atoms with van der Waals surface area (Å²) >= 11 is 6.14. The minimum Gasteiger partial charge on any atom is -0.364 e. The first-order chi connectivity index (χ1) is 14.9. The maximum absolute atomic E-state index is 14.5. The first-order valence-corrected chi connectivity index (χ1v) is 9.49. The van der Waals surface area contributed by atoms with E-state index < -0.39 is 17.6 Å². The maximum atomic E-state index is 14.5. The number of benzene rings is 2. The number of pyridine rings is 1. The molecule has 0 aliphatic carbocycles. The molecule has 4 rings (SSSR count). The van der Waals surface area contributed by atoms with E-state index in [-0.39, 0.29) is 27.7 Å². The zero-order valence-corrected chi connectivity index (χ0v) is 16.7. The van der Waals surface area contributed by atoms with Gasteiger partial charge in [-0.05, 0) is 36.4 Å². The smallest absolute Gasteiger partial charge is 0.269 e. The van der Waals surface area contributed by atoms with E-state index >= 15 is 0 Å². The van der Waals surface area contributed by atoms with Crippen LogP contribution in [0.4, 0.5) is 10.2 Å². The van der Waals surface area contributed by atoms with E-state index in [4.69, 9.17) is 17.3 Å². The second kappa shape index (κ2) is 8.37. The predicted molar refractivity (Wildman–Crippen MR) is 115 cm³/mol. The number of nitrogens with one attached hydrogen (secondary N) is 1. The summed E-state index contributed by atoms with van der Waals surface area (Å²) in [7, 11) is 0. The number of nitrogens with two attached hydrogens (primary N) is 1. The van der Waals surface area contributed by atoms with Gasteiger partial charge in [0.05, 0.1) is 22.0 Å². The number of halogens is 2. The van der Waals surface area contributed by atoms with Gasteiger partial charge in [-0.1, -0.05) is 35.9 Å². The summed E-state index contributed by atoms with van der Waals surface area (Å²) in [5.41, 5.74) is 6.44. The summed E-state index contributed by atoms with van der Waals surface area (Å²) in [6.45, 7) is 0. The fourth-order valence-corrected chi connectivity index (χ4v) is 3.22. The van der Waals surface area contributed by atoms with Crippen molar-refractivity contribution in [1.29, 1.82) is 0 Å². The number of hydrogen-bond acceptors (Lipinski definition) is 4. The fraction of sp³-hybridized carbons (Fsp3) is 0. The van der Waals surface area contributed by atoms with Gasteiger partial charge in [-0.15, -0.1) is 0 Å². The van der Waals surface area contributed by atoms with Crippen LogP contribution in [0, 0.1) is 5.82 Å². The second-order valence-electron chi connectivity index (χ2n) is 6.51. The number of primary amides is 1. The number of nitrogens with zero attached hydrogens (tertiary/aromatic N) is 3. The van der Waals surface area contributed by atoms with Crippen LogP contribution in [-0.4, -0.2) is 26.6 Å². The zero-order valence-electron chi connectivity index (χ0n) is 15.9. The maximum Gasteiger partial charge on any atom is 0.269 e. The number of hydrogen-bond donors (Lipinski definition) is 2. The van der Waals surface area contributed by atoms with Crippen molar-refractivity contribution in [2.24, 2.45) is 5.73 Å². The van der Waals surface area contributed by atoms with E-state index in [1.54, 1.807) is 42.5 Å². The Kier molecular flexibility index (Phi) is 5.46. The Balaban J connectivity index is 1.73. The van der Waals surface area contributed by atoms with Crippen molar-refractivity contribution in [3.05, 3.63) is 95.0 Å². The van der Waals surface area contributed by atoms with E-state index in [2.05, 4.69) is 15.4 Å². The Morgan fingerprint density at radius 3 is 2.45 bits per heavy atom. The lowest BCUT2D eigenvalue weighted by Gasteiger charge is -2.11. The highest BCUT2D eigenvalue weighted by Gasteiger charge is 2.20. The molecule has 154 valence electrons. The summed E-state index contributed by atoms with van der Waals surface area (Å²) in [4.78, 5) is 28.7. The molecule has 31 heavy (non-hydrogen) atoms. The molecule has 9 heteroatoms. The Labute approximate surface area is 181 Å². The predicted octanol–water partition coefficient (Wildman–Crippen LogP) is 4.08. The molecule has 0 radical (unpaired) electrons. The monoisotopic (exact) mass is 435 g/mol. The van der Waals surface area contributed by atoms with E-state index in [1.165, 1.54) is 23.0 Å². The van der Waals surface area contributed by atoms with Crippen LogP contribution in [0.3, 0.4) is 0 Å². The lowest BCUT2D eigenvalue weighted by atomic mass is 10.1. The van der Waals surface area contributed by atoms with Gasteiger partial charge in [0.1, 0.15) is 11.6 Å². The third-order valence-corrected chi connectivity index (χ3v) is 4.76. The Hall–Kier alpha value is -4.04. The number of anilines is 1. The Morgan fingerprint density at radius 2 is 1.77 bits per heavy atom. The van der Waals surface area contributed by atoms with Gasteiger partial charge in [0.25, 0.3) is 11.8 Å². The van der Waals surface area contributed by atoms with Gasteiger partial charge in [0.15, 0.2) is 5.69 Å². The molecule has 0 saturated heterocycles. The van der Waals surface area contributed by atoms with Crippen LogP contribution in [0.15, 0.2) is 72.9 Å². The number of carbonyl (C=O) groups excluding carboxylic acids is 2. The van der Waals surface area contributed by atoms with Gasteiger partial charge in [0, 0.05) is 17.8 Å². The number of carbonyl (C=O) groups is 2. The van der Waals surface area contributed by atoms with Crippen LogP contribution < -0.4 is 11.1 Å². The number of amides is 2. The molecule has 7 nitrogen and oxygen atoms in total. The number of aromatic nitrogens is 3. The van der Waals surface area contributed by atoms with Crippen molar-refractivity contribution in [2.45, 2.75) is 0 Å². The summed E-state index contributed by atoms with van der Waals surface area (Å²) in [5, 5.41) is 6.75.